The Bertz CT molecular complexity index is 396. The zero-order chi connectivity index (χ0) is 26.5. The average molecular weight is 1000 g/mol. The van der Waals surface area contributed by atoms with E-state index in [9.17, 15) is 25.2 Å². The molecule has 0 aliphatic carbocycles. The van der Waals surface area contributed by atoms with E-state index in [0.29, 0.717) is 0 Å². The molecule has 172 valence electrons. The molecule has 29 heavy (non-hydrogen) atoms. The Morgan fingerprint density at radius 2 is 0.345 bits per heavy atom. The minimum absolute atomic E-state index is 0.342. The van der Waals surface area contributed by atoms with Gasteiger partial charge in [0.25, 0.3) is 0 Å². The van der Waals surface area contributed by atoms with Crippen molar-refractivity contribution in [1.82, 2.24) is 0 Å². The van der Waals surface area contributed by atoms with Gasteiger partial charge < -0.3 is 71.8 Å². The molecule has 0 aromatic rings. The molecule has 0 rings (SSSR count). The van der Waals surface area contributed by atoms with Crippen LogP contribution in [0.15, 0.2) is 0 Å². The van der Waals surface area contributed by atoms with Crippen LogP contribution >= 0.6 is 39.5 Å². The fraction of sp³-hybridized carbons (Fsp3) is 0. The first-order valence-electron chi connectivity index (χ1n) is 3.96. The molecule has 15 nitrogen and oxygen atoms in total. The van der Waals surface area contributed by atoms with Crippen molar-refractivity contribution >= 4 is 39.5 Å². The molecule has 0 saturated heterocycles. The molecule has 29 heteroatoms. The van der Waals surface area contributed by atoms with Crippen LogP contribution in [0.1, 0.15) is 0 Å². The quantitative estimate of drug-likeness (QED) is 0.162. The third-order valence-electron chi connectivity index (χ3n) is 0. The Labute approximate surface area is 195 Å². The van der Waals surface area contributed by atoms with Crippen LogP contribution in [0.3, 0.4) is 0 Å². The first-order chi connectivity index (χ1) is 12.0. The van der Waals surface area contributed by atoms with E-state index >= 15 is 0 Å². The summed E-state index contributed by atoms with van der Waals surface area (Å²) in [4.78, 5) is 84.4. The molecule has 0 spiro atoms. The fourth-order valence-corrected chi connectivity index (χ4v) is 0. The summed E-state index contributed by atoms with van der Waals surface area (Å²) in [7, 11) is -28.2. The van der Waals surface area contributed by atoms with Crippen LogP contribution in [-0.4, -0.2) is 0 Å². The predicted molar refractivity (Wildman–Crippen MR) is 45.8 cm³/mol. The molecule has 0 radical (unpaired) electrons. The molecule has 0 aliphatic rings. The predicted octanol–water partition coefficient (Wildman–Crippen LogP) is -5.24. The molecule has 0 aliphatic heterocycles. The first-order valence-corrected chi connectivity index (χ1v) is 14.3. The van der Waals surface area contributed by atoms with Crippen molar-refractivity contribution in [3.05, 3.63) is 0 Å². The first kappa shape index (κ1) is 48.7. The maximum absolute atomic E-state index is 10.1. The Kier molecular flexibility index (Phi) is 42.0. The molecule has 0 unspecified atom stereocenters. The summed E-state index contributed by atoms with van der Waals surface area (Å²) in [5.74, 6) is 0. The van der Waals surface area contributed by atoms with Crippen molar-refractivity contribution in [2.24, 2.45) is 0 Å². The summed E-state index contributed by atoms with van der Waals surface area (Å²) >= 11 is -0.684. The van der Waals surface area contributed by atoms with Crippen LogP contribution < -0.4 is 48.9 Å². The second kappa shape index (κ2) is 25.0. The van der Waals surface area contributed by atoms with Gasteiger partial charge in [0.2, 0.25) is 0 Å². The molecular formula is F7O15P5U2. The van der Waals surface area contributed by atoms with E-state index in [4.69, 9.17) is 71.8 Å². The van der Waals surface area contributed by atoms with Crippen molar-refractivity contribution in [1.29, 1.82) is 0 Å². The third kappa shape index (κ3) is 4370. The van der Waals surface area contributed by atoms with Crippen LogP contribution in [-0.2, 0) is 22.8 Å². The number of rotatable bonds is 0. The standard InChI is InChI=1S/5FH2O3P.2FH.2U/c5*1-5(2,3)4;;;;/h5*(H2,2,3,4);2*1H;;/q;;;;;;;2*+6/p-12. The number of hydrogen-bond donors (Lipinski definition) is 0. The topological polar surface area (TPSA) is 316 Å². The van der Waals surface area contributed by atoms with Gasteiger partial charge in [0.15, 0.2) is 0 Å². The van der Waals surface area contributed by atoms with Gasteiger partial charge in [0, 0.05) is 0 Å². The Hall–Kier alpha value is 2.36. The zero-order valence-corrected chi connectivity index (χ0v) is 24.8. The Morgan fingerprint density at radius 1 is 0.345 bits per heavy atom. The second-order valence-corrected chi connectivity index (χ2v) is 6.46. The second-order valence-electron chi connectivity index (χ2n) is 2.15. The molecule has 0 saturated carbocycles. The van der Waals surface area contributed by atoms with Crippen molar-refractivity contribution in [3.63, 3.8) is 0 Å². The van der Waals surface area contributed by atoms with Gasteiger partial charge in [0.1, 0.15) is 39.5 Å². The molecule has 0 fully saturated rings. The molecule has 0 atom stereocenters. The van der Waals surface area contributed by atoms with Crippen molar-refractivity contribution in [2.45, 2.75) is 0 Å². The van der Waals surface area contributed by atoms with E-state index in [1.54, 1.807) is 0 Å². The molecule has 0 bridgehead atoms. The van der Waals surface area contributed by atoms with Crippen molar-refractivity contribution in [2.75, 3.05) is 0 Å². The summed E-state index contributed by atoms with van der Waals surface area (Å²) in [6, 6.07) is 0. The van der Waals surface area contributed by atoms with E-state index in [2.05, 4.69) is 0 Å². The summed E-state index contributed by atoms with van der Waals surface area (Å²) in [6.45, 7) is 0. The normalized spacial score (nSPS) is 10.7. The van der Waals surface area contributed by atoms with Crippen LogP contribution in [0.2, 0.25) is 0 Å². The molecule has 0 amide bonds. The van der Waals surface area contributed by atoms with E-state index < -0.39 is 39.5 Å². The van der Waals surface area contributed by atoms with E-state index in [1.807, 2.05) is 0 Å². The van der Waals surface area contributed by atoms with Gasteiger partial charge in [-0.1, -0.05) is 0 Å². The van der Waals surface area contributed by atoms with Crippen molar-refractivity contribution < 1.29 is 157 Å². The Morgan fingerprint density at radius 3 is 0.345 bits per heavy atom. The Balaban J connectivity index is -0.0000000399. The number of halogens is 7. The average Bonchev–Trinajstić information content (AvgIpc) is 2.21. The molecule has 0 heterocycles. The van der Waals surface area contributed by atoms with E-state index in [1.165, 1.54) is 0 Å². The summed E-state index contributed by atoms with van der Waals surface area (Å²) < 4.78 is 112. The summed E-state index contributed by atoms with van der Waals surface area (Å²) in [6.07, 6.45) is 0. The van der Waals surface area contributed by atoms with Gasteiger partial charge >= 0.3 is 64.4 Å². The number of hydrogen-bond acceptors (Lipinski definition) is 15. The SMILES string of the molecule is O=P([O-])([O-])F.O=P([O-])([O-])F.O=P([O-])([O-])F.O=P([O-])([O-])F.O=P([O-])([O-])F.[F][U+5].[F][U+5]. The summed E-state index contributed by atoms with van der Waals surface area (Å²) in [5, 5.41) is 0. The van der Waals surface area contributed by atoms with Crippen LogP contribution in [0, 0.1) is 60.2 Å². The van der Waals surface area contributed by atoms with Crippen molar-refractivity contribution in [3.8, 4) is 0 Å². The molecule has 0 N–H and O–H groups in total. The van der Waals surface area contributed by atoms with Gasteiger partial charge in [-0.25, -0.2) is 21.0 Å². The van der Waals surface area contributed by atoms with Gasteiger partial charge in [-0.15, -0.1) is 0 Å². The zero-order valence-electron chi connectivity index (χ0n) is 12.0. The maximum atomic E-state index is 10.1. The molecule has 0 aromatic carbocycles. The van der Waals surface area contributed by atoms with Gasteiger partial charge in [-0.2, -0.15) is 0 Å². The van der Waals surface area contributed by atoms with E-state index in [-0.39, 0.29) is 60.2 Å². The monoisotopic (exact) mass is 1000 g/mol. The van der Waals surface area contributed by atoms with Crippen LogP contribution in [0.5, 0.6) is 0 Å². The third-order valence-corrected chi connectivity index (χ3v) is 0. The van der Waals surface area contributed by atoms with Gasteiger partial charge in [-0.05, 0) is 0 Å². The van der Waals surface area contributed by atoms with Crippen LogP contribution in [0.25, 0.3) is 0 Å². The van der Waals surface area contributed by atoms with Gasteiger partial charge in [-0.3, -0.25) is 0 Å². The molecular weight excluding hydrogens is 1000 g/mol. The molecule has 0 aromatic heterocycles. The van der Waals surface area contributed by atoms with Crippen LogP contribution in [0.4, 0.5) is 25.2 Å². The van der Waals surface area contributed by atoms with Gasteiger partial charge in [0.05, 0.1) is 0 Å². The van der Waals surface area contributed by atoms with E-state index in [0.717, 1.165) is 0 Å². The summed E-state index contributed by atoms with van der Waals surface area (Å²) in [5.41, 5.74) is 0. The minimum atomic E-state index is -5.64. The fourth-order valence-electron chi connectivity index (χ4n) is 0.